The molecule has 0 bridgehead atoms. The first-order valence-electron chi connectivity index (χ1n) is 4.41. The molecule has 1 aromatic carbocycles. The second-order valence-electron chi connectivity index (χ2n) is 3.17. The van der Waals surface area contributed by atoms with Crippen LogP contribution in [0.5, 0.6) is 0 Å². The van der Waals surface area contributed by atoms with Gasteiger partial charge in [-0.1, -0.05) is 5.21 Å². The van der Waals surface area contributed by atoms with E-state index in [0.29, 0.717) is 10.9 Å². The Morgan fingerprint density at radius 3 is 2.17 bits per heavy atom. The van der Waals surface area contributed by atoms with Gasteiger partial charge in [0.25, 0.3) is 0 Å². The lowest BCUT2D eigenvalue weighted by Crippen LogP contribution is -2.07. The van der Waals surface area contributed by atoms with E-state index < -0.39 is 40.6 Å². The van der Waals surface area contributed by atoms with Crippen LogP contribution in [0, 0.1) is 23.3 Å². The lowest BCUT2D eigenvalue weighted by atomic mass is 10.2. The number of nitrogens with zero attached hydrogens (tertiary/aromatic N) is 3. The maximum absolute atomic E-state index is 13.3. The quantitative estimate of drug-likeness (QED) is 0.657. The summed E-state index contributed by atoms with van der Waals surface area (Å²) in [6.45, 7) is 0. The molecule has 0 saturated carbocycles. The first-order valence-corrected chi connectivity index (χ1v) is 4.41. The van der Waals surface area contributed by atoms with E-state index >= 15 is 0 Å². The van der Waals surface area contributed by atoms with Gasteiger partial charge >= 0.3 is 5.97 Å². The van der Waals surface area contributed by atoms with Crippen molar-refractivity contribution in [3.05, 3.63) is 41.2 Å². The predicted molar refractivity (Wildman–Crippen MR) is 48.2 cm³/mol. The van der Waals surface area contributed by atoms with Crippen molar-refractivity contribution in [2.45, 2.75) is 0 Å². The molecule has 1 aromatic heterocycles. The number of carboxylic acids is 1. The molecule has 0 radical (unpaired) electrons. The van der Waals surface area contributed by atoms with Gasteiger partial charge in [0.1, 0.15) is 5.69 Å². The highest BCUT2D eigenvalue weighted by Gasteiger charge is 2.22. The molecule has 0 aliphatic heterocycles. The van der Waals surface area contributed by atoms with Crippen molar-refractivity contribution in [2.75, 3.05) is 0 Å². The van der Waals surface area contributed by atoms with E-state index in [1.165, 1.54) is 0 Å². The monoisotopic (exact) mass is 261 g/mol. The van der Waals surface area contributed by atoms with Crippen molar-refractivity contribution in [3.63, 3.8) is 0 Å². The van der Waals surface area contributed by atoms with E-state index in [4.69, 9.17) is 5.11 Å². The number of hydrogen-bond acceptors (Lipinski definition) is 3. The molecule has 2 rings (SSSR count). The Bertz CT molecular complexity index is 615. The van der Waals surface area contributed by atoms with Crippen LogP contribution >= 0.6 is 0 Å². The molecule has 0 amide bonds. The molecule has 5 nitrogen and oxygen atoms in total. The van der Waals surface area contributed by atoms with Crippen molar-refractivity contribution < 1.29 is 27.5 Å². The van der Waals surface area contributed by atoms with E-state index in [2.05, 4.69) is 10.3 Å². The van der Waals surface area contributed by atoms with Gasteiger partial charge in [-0.15, -0.1) is 5.10 Å². The number of carbonyl (C=O) groups is 1. The normalized spacial score (nSPS) is 10.7. The third-order valence-corrected chi connectivity index (χ3v) is 2.03. The first kappa shape index (κ1) is 12.0. The maximum atomic E-state index is 13.3. The fraction of sp³-hybridized carbons (Fsp3) is 0. The number of aromatic carboxylic acids is 1. The van der Waals surface area contributed by atoms with Gasteiger partial charge in [-0.2, -0.15) is 0 Å². The summed E-state index contributed by atoms with van der Waals surface area (Å²) in [6.07, 6.45) is 0.628. The molecule has 0 spiro atoms. The minimum absolute atomic E-state index is 0.0310. The smallest absolute Gasteiger partial charge is 0.358 e. The van der Waals surface area contributed by atoms with Gasteiger partial charge < -0.3 is 5.11 Å². The van der Waals surface area contributed by atoms with E-state index in [9.17, 15) is 22.4 Å². The molecule has 0 aliphatic carbocycles. The molecule has 0 fully saturated rings. The second-order valence-corrected chi connectivity index (χ2v) is 3.17. The fourth-order valence-electron chi connectivity index (χ4n) is 1.23. The van der Waals surface area contributed by atoms with Crippen LogP contribution in [0.1, 0.15) is 10.5 Å². The highest BCUT2D eigenvalue weighted by atomic mass is 19.2. The Kier molecular flexibility index (Phi) is 2.73. The third kappa shape index (κ3) is 1.79. The summed E-state index contributed by atoms with van der Waals surface area (Å²) in [6, 6.07) is 0.0310. The van der Waals surface area contributed by atoms with Crippen LogP contribution in [-0.4, -0.2) is 26.1 Å². The largest absolute Gasteiger partial charge is 0.476 e. The number of carboxylic acid groups (broad SMARTS) is 1. The highest BCUT2D eigenvalue weighted by Crippen LogP contribution is 2.22. The lowest BCUT2D eigenvalue weighted by molar-refractivity contribution is 0.0690. The fourth-order valence-corrected chi connectivity index (χ4v) is 1.23. The van der Waals surface area contributed by atoms with Crippen LogP contribution in [0.15, 0.2) is 12.3 Å². The Labute approximate surface area is 96.3 Å². The minimum Gasteiger partial charge on any atom is -0.476 e. The summed E-state index contributed by atoms with van der Waals surface area (Å²) in [7, 11) is 0. The molecule has 0 saturated heterocycles. The molecule has 1 heterocycles. The number of aromatic nitrogens is 3. The topological polar surface area (TPSA) is 68.0 Å². The van der Waals surface area contributed by atoms with E-state index in [0.717, 1.165) is 0 Å². The molecule has 0 unspecified atom stereocenters. The third-order valence-electron chi connectivity index (χ3n) is 2.03. The molecule has 94 valence electrons. The molecule has 2 aromatic rings. The van der Waals surface area contributed by atoms with Crippen LogP contribution in [0.4, 0.5) is 17.6 Å². The predicted octanol–water partition coefficient (Wildman–Crippen LogP) is 1.52. The van der Waals surface area contributed by atoms with Gasteiger partial charge in [0.05, 0.1) is 6.20 Å². The Balaban J connectivity index is 2.66. The lowest BCUT2D eigenvalue weighted by Gasteiger charge is -2.05. The first-order chi connectivity index (χ1) is 8.41. The Morgan fingerprint density at radius 2 is 1.72 bits per heavy atom. The summed E-state index contributed by atoms with van der Waals surface area (Å²) < 4.78 is 52.8. The van der Waals surface area contributed by atoms with Crippen molar-refractivity contribution in [2.24, 2.45) is 0 Å². The number of rotatable bonds is 2. The van der Waals surface area contributed by atoms with E-state index in [-0.39, 0.29) is 6.07 Å². The zero-order valence-electron chi connectivity index (χ0n) is 8.36. The molecule has 9 heteroatoms. The second kappa shape index (κ2) is 4.09. The highest BCUT2D eigenvalue weighted by molar-refractivity contribution is 5.84. The standard InChI is InChI=1S/C9H3F4N3O2/c10-3-1-4(11)7(13)8(6(3)12)16-2-5(9(17)18)14-15-16/h1-2H,(H,17,18). The van der Waals surface area contributed by atoms with Crippen molar-refractivity contribution in [1.29, 1.82) is 0 Å². The van der Waals surface area contributed by atoms with Gasteiger partial charge in [-0.3, -0.25) is 0 Å². The van der Waals surface area contributed by atoms with Gasteiger partial charge in [-0.05, 0) is 0 Å². The minimum atomic E-state index is -1.70. The Hall–Kier alpha value is -2.45. The zero-order chi connectivity index (χ0) is 13.4. The van der Waals surface area contributed by atoms with Crippen molar-refractivity contribution in [3.8, 4) is 5.69 Å². The molecular weight excluding hydrogens is 258 g/mol. The average Bonchev–Trinajstić information content (AvgIpc) is 2.76. The summed E-state index contributed by atoms with van der Waals surface area (Å²) in [5, 5.41) is 14.7. The zero-order valence-corrected chi connectivity index (χ0v) is 8.36. The van der Waals surface area contributed by atoms with Crippen LogP contribution in [0.3, 0.4) is 0 Å². The Morgan fingerprint density at radius 1 is 1.17 bits per heavy atom. The summed E-state index contributed by atoms with van der Waals surface area (Å²) in [5.41, 5.74) is -1.80. The number of halogens is 4. The van der Waals surface area contributed by atoms with Crippen LogP contribution in [0.25, 0.3) is 5.69 Å². The number of benzene rings is 1. The SMILES string of the molecule is O=C(O)c1cn(-c2c(F)c(F)cc(F)c2F)nn1. The molecular formula is C9H3F4N3O2. The van der Waals surface area contributed by atoms with Crippen molar-refractivity contribution >= 4 is 5.97 Å². The molecule has 1 N–H and O–H groups in total. The molecule has 0 atom stereocenters. The number of hydrogen-bond donors (Lipinski definition) is 1. The van der Waals surface area contributed by atoms with Gasteiger partial charge in [0, 0.05) is 6.07 Å². The van der Waals surface area contributed by atoms with Crippen molar-refractivity contribution in [1.82, 2.24) is 15.0 Å². The van der Waals surface area contributed by atoms with Crippen LogP contribution < -0.4 is 0 Å². The van der Waals surface area contributed by atoms with Crippen LogP contribution in [0.2, 0.25) is 0 Å². The van der Waals surface area contributed by atoms with Gasteiger partial charge in [-0.25, -0.2) is 27.0 Å². The average molecular weight is 261 g/mol. The molecule has 0 aliphatic rings. The summed E-state index contributed by atoms with van der Waals surface area (Å²) >= 11 is 0. The summed E-state index contributed by atoms with van der Waals surface area (Å²) in [4.78, 5) is 10.5. The van der Waals surface area contributed by atoms with E-state index in [1.807, 2.05) is 0 Å². The van der Waals surface area contributed by atoms with Gasteiger partial charge in [0.15, 0.2) is 29.0 Å². The van der Waals surface area contributed by atoms with Gasteiger partial charge in [0.2, 0.25) is 0 Å². The molecule has 18 heavy (non-hydrogen) atoms. The summed E-state index contributed by atoms with van der Waals surface area (Å²) in [5.74, 6) is -8.15. The van der Waals surface area contributed by atoms with Crippen LogP contribution in [-0.2, 0) is 0 Å². The van der Waals surface area contributed by atoms with E-state index in [1.54, 1.807) is 0 Å². The maximum Gasteiger partial charge on any atom is 0.358 e.